The van der Waals surface area contributed by atoms with Gasteiger partial charge in [0.25, 0.3) is 11.8 Å². The molecular formula is C22H12Cl4N2O2S4. The van der Waals surface area contributed by atoms with Gasteiger partial charge in [0, 0.05) is 33.2 Å². The molecule has 0 radical (unpaired) electrons. The first-order valence-corrected chi connectivity index (χ1v) is 13.5. The first-order chi connectivity index (χ1) is 16.1. The summed E-state index contributed by atoms with van der Waals surface area (Å²) in [5.41, 5.74) is 1.32. The second kappa shape index (κ2) is 10.9. The number of carbonyl (C=O) groups is 2. The molecule has 0 saturated carbocycles. The Hall–Kier alpha value is -1.10. The zero-order valence-electron chi connectivity index (χ0n) is 16.9. The maximum atomic E-state index is 12.9. The summed E-state index contributed by atoms with van der Waals surface area (Å²) < 4.78 is 0.797. The standard InChI is InChI=1S/C22H12Cl4N2O2S4/c23-13-3-1-11(15(25)9-13)7-17-19(29)27(21(31)33-17)5-6-28-20(30)18(34-22(28)32)8-12-2-4-14(24)10-16(12)26/h1-4,7-10H,5-6H2. The average Bonchev–Trinajstić information content (AvgIpc) is 3.19. The van der Waals surface area contributed by atoms with Crippen molar-refractivity contribution in [3.8, 4) is 0 Å². The summed E-state index contributed by atoms with van der Waals surface area (Å²) in [5, 5.41) is 1.88. The maximum absolute atomic E-state index is 12.9. The highest BCUT2D eigenvalue weighted by atomic mass is 35.5. The highest BCUT2D eigenvalue weighted by Gasteiger charge is 2.36. The second-order valence-electron chi connectivity index (χ2n) is 7.00. The van der Waals surface area contributed by atoms with E-state index in [9.17, 15) is 9.59 Å². The predicted octanol–water partition coefficient (Wildman–Crippen LogP) is 7.40. The number of rotatable bonds is 5. The van der Waals surface area contributed by atoms with Crippen LogP contribution in [0.5, 0.6) is 0 Å². The molecule has 2 aliphatic heterocycles. The third kappa shape index (κ3) is 5.65. The van der Waals surface area contributed by atoms with Crippen molar-refractivity contribution in [3.63, 3.8) is 0 Å². The molecule has 0 bridgehead atoms. The van der Waals surface area contributed by atoms with E-state index < -0.39 is 0 Å². The van der Waals surface area contributed by atoms with E-state index in [1.807, 2.05) is 0 Å². The fourth-order valence-corrected chi connectivity index (χ4v) is 6.63. The third-order valence-electron chi connectivity index (χ3n) is 4.79. The fraction of sp³-hybridized carbons (Fsp3) is 0.0909. The van der Waals surface area contributed by atoms with E-state index in [1.165, 1.54) is 33.3 Å². The van der Waals surface area contributed by atoms with Gasteiger partial charge in [-0.15, -0.1) is 0 Å². The van der Waals surface area contributed by atoms with Crippen LogP contribution >= 0.6 is 94.4 Å². The number of hydrogen-bond donors (Lipinski definition) is 0. The third-order valence-corrected chi connectivity index (χ3v) is 8.67. The van der Waals surface area contributed by atoms with Crippen LogP contribution in [0.15, 0.2) is 46.2 Å². The number of halogens is 4. The molecule has 0 aliphatic carbocycles. The van der Waals surface area contributed by atoms with Gasteiger partial charge in [0.05, 0.1) is 9.81 Å². The van der Waals surface area contributed by atoms with Gasteiger partial charge in [-0.2, -0.15) is 0 Å². The molecule has 34 heavy (non-hydrogen) atoms. The maximum Gasteiger partial charge on any atom is 0.266 e. The van der Waals surface area contributed by atoms with Crippen LogP contribution in [0.25, 0.3) is 12.2 Å². The lowest BCUT2D eigenvalue weighted by Crippen LogP contribution is -2.39. The summed E-state index contributed by atoms with van der Waals surface area (Å²) in [5.74, 6) is -0.509. The highest BCUT2D eigenvalue weighted by Crippen LogP contribution is 2.36. The molecule has 2 heterocycles. The first-order valence-electron chi connectivity index (χ1n) is 9.55. The second-order valence-corrected chi connectivity index (χ2v) is 12.0. The van der Waals surface area contributed by atoms with Crippen LogP contribution in [0, 0.1) is 0 Å². The van der Waals surface area contributed by atoms with Crippen LogP contribution in [0.2, 0.25) is 20.1 Å². The fourth-order valence-electron chi connectivity index (χ4n) is 3.11. The van der Waals surface area contributed by atoms with Gasteiger partial charge in [0.1, 0.15) is 8.64 Å². The molecule has 2 aromatic carbocycles. The average molecular weight is 606 g/mol. The molecule has 0 atom stereocenters. The minimum absolute atomic E-state index is 0.206. The SMILES string of the molecule is O=C1C(=Cc2ccc(Cl)cc2Cl)SC(=S)N1CCN1C(=O)C(=Cc2ccc(Cl)cc2Cl)SC1=S. The Balaban J connectivity index is 1.45. The topological polar surface area (TPSA) is 40.6 Å². The van der Waals surface area contributed by atoms with Gasteiger partial charge in [0.15, 0.2) is 0 Å². The number of thioether (sulfide) groups is 2. The summed E-state index contributed by atoms with van der Waals surface area (Å²) in [6.07, 6.45) is 3.35. The number of hydrogen-bond acceptors (Lipinski definition) is 6. The molecule has 2 saturated heterocycles. The van der Waals surface area contributed by atoms with E-state index in [0.29, 0.717) is 49.7 Å². The minimum atomic E-state index is -0.255. The van der Waals surface area contributed by atoms with Gasteiger partial charge in [-0.25, -0.2) is 0 Å². The van der Waals surface area contributed by atoms with Crippen molar-refractivity contribution in [1.29, 1.82) is 0 Å². The molecule has 174 valence electrons. The lowest BCUT2D eigenvalue weighted by molar-refractivity contribution is -0.125. The molecular weight excluding hydrogens is 594 g/mol. The number of amides is 2. The number of thiocarbonyl (C=S) groups is 2. The van der Waals surface area contributed by atoms with Crippen molar-refractivity contribution in [1.82, 2.24) is 9.80 Å². The van der Waals surface area contributed by atoms with Gasteiger partial charge in [-0.05, 0) is 47.5 Å². The zero-order chi connectivity index (χ0) is 24.6. The molecule has 4 nitrogen and oxygen atoms in total. The van der Waals surface area contributed by atoms with E-state index in [2.05, 4.69) is 0 Å². The normalized spacial score (nSPS) is 18.8. The van der Waals surface area contributed by atoms with Crippen molar-refractivity contribution >= 4 is 127 Å². The van der Waals surface area contributed by atoms with Crippen LogP contribution in [0.3, 0.4) is 0 Å². The van der Waals surface area contributed by atoms with Gasteiger partial charge >= 0.3 is 0 Å². The van der Waals surface area contributed by atoms with Crippen molar-refractivity contribution in [2.75, 3.05) is 13.1 Å². The largest absolute Gasteiger partial charge is 0.291 e. The molecule has 2 aromatic rings. The van der Waals surface area contributed by atoms with Gasteiger partial charge in [-0.3, -0.25) is 19.4 Å². The summed E-state index contributed by atoms with van der Waals surface area (Å²) >= 11 is 37.5. The van der Waals surface area contributed by atoms with Crippen molar-refractivity contribution in [2.24, 2.45) is 0 Å². The zero-order valence-corrected chi connectivity index (χ0v) is 23.2. The Bertz CT molecular complexity index is 1210. The van der Waals surface area contributed by atoms with Crippen LogP contribution in [-0.4, -0.2) is 43.3 Å². The van der Waals surface area contributed by atoms with Crippen molar-refractivity contribution < 1.29 is 9.59 Å². The number of nitrogens with zero attached hydrogens (tertiary/aromatic N) is 2. The number of carbonyl (C=O) groups excluding carboxylic acids is 2. The molecule has 2 aliphatic rings. The Kier molecular flexibility index (Phi) is 8.32. The Morgan fingerprint density at radius 3 is 1.44 bits per heavy atom. The molecule has 0 N–H and O–H groups in total. The van der Waals surface area contributed by atoms with Crippen LogP contribution in [0.4, 0.5) is 0 Å². The van der Waals surface area contributed by atoms with Gasteiger partial charge < -0.3 is 0 Å². The monoisotopic (exact) mass is 604 g/mol. The molecule has 2 amide bonds. The van der Waals surface area contributed by atoms with E-state index >= 15 is 0 Å². The van der Waals surface area contributed by atoms with E-state index in [1.54, 1.807) is 48.6 Å². The molecule has 0 aromatic heterocycles. The lowest BCUT2D eigenvalue weighted by Gasteiger charge is -2.19. The van der Waals surface area contributed by atoms with E-state index in [0.717, 1.165) is 0 Å². The quantitative estimate of drug-likeness (QED) is 0.261. The Morgan fingerprint density at radius 1 is 0.706 bits per heavy atom. The van der Waals surface area contributed by atoms with Gasteiger partial charge in [-0.1, -0.05) is 106 Å². The molecule has 0 spiro atoms. The number of benzene rings is 2. The smallest absolute Gasteiger partial charge is 0.266 e. The summed E-state index contributed by atoms with van der Waals surface area (Å²) in [4.78, 5) is 29.7. The lowest BCUT2D eigenvalue weighted by atomic mass is 10.2. The molecule has 0 unspecified atom stereocenters. The summed E-state index contributed by atoms with van der Waals surface area (Å²) in [6, 6.07) is 10.1. The van der Waals surface area contributed by atoms with E-state index in [4.69, 9.17) is 70.8 Å². The minimum Gasteiger partial charge on any atom is -0.291 e. The van der Waals surface area contributed by atoms with Gasteiger partial charge in [0.2, 0.25) is 0 Å². The summed E-state index contributed by atoms with van der Waals surface area (Å²) in [7, 11) is 0. The molecule has 4 rings (SSSR count). The Morgan fingerprint density at radius 2 is 1.09 bits per heavy atom. The van der Waals surface area contributed by atoms with Crippen molar-refractivity contribution in [2.45, 2.75) is 0 Å². The molecule has 12 heteroatoms. The van der Waals surface area contributed by atoms with Crippen molar-refractivity contribution in [3.05, 3.63) is 77.4 Å². The molecule has 2 fully saturated rings. The Labute approximate surface area is 235 Å². The van der Waals surface area contributed by atoms with Crippen LogP contribution < -0.4 is 0 Å². The predicted molar refractivity (Wildman–Crippen MR) is 153 cm³/mol. The van der Waals surface area contributed by atoms with Crippen LogP contribution in [0.1, 0.15) is 11.1 Å². The first kappa shape index (κ1) is 26.0. The summed E-state index contributed by atoms with van der Waals surface area (Å²) in [6.45, 7) is 0.412. The van der Waals surface area contributed by atoms with E-state index in [-0.39, 0.29) is 24.9 Å². The highest BCUT2D eigenvalue weighted by molar-refractivity contribution is 8.27. The van der Waals surface area contributed by atoms with Crippen LogP contribution in [-0.2, 0) is 9.59 Å².